The average molecular weight is 276 g/mol. The molecule has 6 nitrogen and oxygen atoms in total. The molecule has 0 radical (unpaired) electrons. The third kappa shape index (κ3) is 2.35. The van der Waals surface area contributed by atoms with Crippen LogP contribution in [0.2, 0.25) is 0 Å². The van der Waals surface area contributed by atoms with Crippen LogP contribution in [0.25, 0.3) is 0 Å². The normalized spacial score (nSPS) is 24.1. The van der Waals surface area contributed by atoms with E-state index in [2.05, 4.69) is 15.5 Å². The first-order valence-electron chi connectivity index (χ1n) is 7.25. The van der Waals surface area contributed by atoms with Crippen LogP contribution in [0.4, 0.5) is 0 Å². The smallest absolute Gasteiger partial charge is 0.247 e. The molecule has 1 saturated carbocycles. The van der Waals surface area contributed by atoms with E-state index >= 15 is 0 Å². The number of aromatic nitrogens is 2. The first kappa shape index (κ1) is 13.3. The topological polar surface area (TPSA) is 78.1 Å². The highest BCUT2D eigenvalue weighted by molar-refractivity contribution is 6.05. The fraction of sp³-hybridized carbons (Fsp3) is 0.643. The number of likely N-dealkylation sites (tertiary alicyclic amines) is 1. The molecule has 2 aliphatic rings. The highest BCUT2D eigenvalue weighted by Gasteiger charge is 2.42. The number of carbonyl (C=O) groups is 2. The molecule has 1 aromatic rings. The van der Waals surface area contributed by atoms with E-state index in [0.29, 0.717) is 6.54 Å². The van der Waals surface area contributed by atoms with Crippen molar-refractivity contribution in [2.75, 3.05) is 0 Å². The Bertz CT molecular complexity index is 519. The molecule has 1 aliphatic heterocycles. The van der Waals surface area contributed by atoms with E-state index in [4.69, 9.17) is 0 Å². The van der Waals surface area contributed by atoms with Crippen molar-refractivity contribution < 1.29 is 9.59 Å². The van der Waals surface area contributed by atoms with Crippen molar-refractivity contribution in [2.24, 2.45) is 0 Å². The fourth-order valence-corrected chi connectivity index (χ4v) is 3.14. The molecule has 3 rings (SSSR count). The van der Waals surface area contributed by atoms with E-state index in [1.807, 2.05) is 6.92 Å². The second-order valence-electron chi connectivity index (χ2n) is 5.70. The standard InChI is InChI=1S/C14H20N4O2/c1-9-10(8-16-17-9)7-15-12-6-13(19)18(14(12)20)11-4-2-3-5-11/h8,11-12,15H,2-7H2,1H3,(H,16,17). The molecule has 0 spiro atoms. The fourth-order valence-electron chi connectivity index (χ4n) is 3.14. The van der Waals surface area contributed by atoms with Gasteiger partial charge in [-0.1, -0.05) is 12.8 Å². The van der Waals surface area contributed by atoms with Crippen molar-refractivity contribution in [2.45, 2.75) is 57.7 Å². The van der Waals surface area contributed by atoms with Crippen molar-refractivity contribution >= 4 is 11.8 Å². The van der Waals surface area contributed by atoms with Gasteiger partial charge in [-0.3, -0.25) is 19.6 Å². The molecule has 108 valence electrons. The highest BCUT2D eigenvalue weighted by Crippen LogP contribution is 2.28. The molecule has 20 heavy (non-hydrogen) atoms. The average Bonchev–Trinajstić information content (AvgIpc) is 3.10. The zero-order valence-electron chi connectivity index (χ0n) is 11.7. The van der Waals surface area contributed by atoms with E-state index in [-0.39, 0.29) is 30.3 Å². The lowest BCUT2D eigenvalue weighted by atomic mass is 10.2. The minimum absolute atomic E-state index is 0.0247. The molecule has 2 amide bonds. The third-order valence-electron chi connectivity index (χ3n) is 4.35. The SMILES string of the molecule is Cc1[nH]ncc1CNC1CC(=O)N(C2CCCC2)C1=O. The Hall–Kier alpha value is -1.69. The number of aromatic amines is 1. The Morgan fingerprint density at radius 2 is 2.15 bits per heavy atom. The van der Waals surface area contributed by atoms with Crippen LogP contribution < -0.4 is 5.32 Å². The molecule has 1 aromatic heterocycles. The first-order valence-corrected chi connectivity index (χ1v) is 7.25. The van der Waals surface area contributed by atoms with Gasteiger partial charge in [-0.25, -0.2) is 0 Å². The summed E-state index contributed by atoms with van der Waals surface area (Å²) in [5.74, 6) is -0.0774. The number of hydrogen-bond donors (Lipinski definition) is 2. The van der Waals surface area contributed by atoms with E-state index in [9.17, 15) is 9.59 Å². The van der Waals surface area contributed by atoms with Crippen LogP contribution in [0.5, 0.6) is 0 Å². The van der Waals surface area contributed by atoms with Crippen molar-refractivity contribution in [3.8, 4) is 0 Å². The number of carbonyl (C=O) groups excluding carboxylic acids is 2. The predicted octanol–water partition coefficient (Wildman–Crippen LogP) is 0.878. The molecule has 1 saturated heterocycles. The molecule has 6 heteroatoms. The van der Waals surface area contributed by atoms with Crippen LogP contribution in [0, 0.1) is 6.92 Å². The maximum Gasteiger partial charge on any atom is 0.247 e. The van der Waals surface area contributed by atoms with Crippen LogP contribution in [-0.2, 0) is 16.1 Å². The van der Waals surface area contributed by atoms with Gasteiger partial charge < -0.3 is 5.32 Å². The Balaban J connectivity index is 1.62. The van der Waals surface area contributed by atoms with Gasteiger partial charge in [-0.2, -0.15) is 5.10 Å². The summed E-state index contributed by atoms with van der Waals surface area (Å²) in [6.45, 7) is 2.50. The maximum atomic E-state index is 12.4. The lowest BCUT2D eigenvalue weighted by Crippen LogP contribution is -2.42. The summed E-state index contributed by atoms with van der Waals surface area (Å²) in [5.41, 5.74) is 2.02. The summed E-state index contributed by atoms with van der Waals surface area (Å²) < 4.78 is 0. The molecule has 2 fully saturated rings. The molecular weight excluding hydrogens is 256 g/mol. The van der Waals surface area contributed by atoms with Gasteiger partial charge in [0.05, 0.1) is 18.7 Å². The van der Waals surface area contributed by atoms with Crippen molar-refractivity contribution in [3.05, 3.63) is 17.5 Å². The predicted molar refractivity (Wildman–Crippen MR) is 72.7 cm³/mol. The molecule has 1 aliphatic carbocycles. The van der Waals surface area contributed by atoms with Crippen molar-refractivity contribution in [3.63, 3.8) is 0 Å². The zero-order valence-corrected chi connectivity index (χ0v) is 11.7. The van der Waals surface area contributed by atoms with E-state index in [0.717, 1.165) is 36.9 Å². The molecule has 1 atom stereocenters. The number of nitrogens with zero attached hydrogens (tertiary/aromatic N) is 2. The summed E-state index contributed by atoms with van der Waals surface area (Å²) in [5, 5.41) is 10.0. The van der Waals surface area contributed by atoms with Gasteiger partial charge in [0.15, 0.2) is 0 Å². The number of amides is 2. The molecular formula is C14H20N4O2. The Morgan fingerprint density at radius 1 is 1.40 bits per heavy atom. The van der Waals surface area contributed by atoms with Gasteiger partial charge in [0, 0.05) is 23.8 Å². The van der Waals surface area contributed by atoms with Crippen LogP contribution in [0.3, 0.4) is 0 Å². The monoisotopic (exact) mass is 276 g/mol. The number of imide groups is 1. The number of aryl methyl sites for hydroxylation is 1. The lowest BCUT2D eigenvalue weighted by Gasteiger charge is -2.22. The summed E-state index contributed by atoms with van der Waals surface area (Å²) in [7, 11) is 0. The third-order valence-corrected chi connectivity index (χ3v) is 4.35. The molecule has 0 aromatic carbocycles. The van der Waals surface area contributed by atoms with Gasteiger partial charge in [0.25, 0.3) is 0 Å². The number of rotatable bonds is 4. The largest absolute Gasteiger partial charge is 0.301 e. The van der Waals surface area contributed by atoms with Gasteiger partial charge in [0.1, 0.15) is 0 Å². The van der Waals surface area contributed by atoms with Gasteiger partial charge >= 0.3 is 0 Å². The van der Waals surface area contributed by atoms with E-state index < -0.39 is 0 Å². The number of hydrogen-bond acceptors (Lipinski definition) is 4. The summed E-state index contributed by atoms with van der Waals surface area (Å²) in [6.07, 6.45) is 6.20. The molecule has 1 unspecified atom stereocenters. The lowest BCUT2D eigenvalue weighted by molar-refractivity contribution is -0.141. The van der Waals surface area contributed by atoms with E-state index in [1.165, 1.54) is 4.90 Å². The van der Waals surface area contributed by atoms with Crippen LogP contribution in [-0.4, -0.2) is 39.0 Å². The second kappa shape index (κ2) is 5.36. The minimum Gasteiger partial charge on any atom is -0.301 e. The highest BCUT2D eigenvalue weighted by atomic mass is 16.2. The van der Waals surface area contributed by atoms with Gasteiger partial charge in [-0.05, 0) is 19.8 Å². The second-order valence-corrected chi connectivity index (χ2v) is 5.70. The Kier molecular flexibility index (Phi) is 3.56. The minimum atomic E-state index is -0.377. The Labute approximate surface area is 117 Å². The number of nitrogens with one attached hydrogen (secondary N) is 2. The summed E-state index contributed by atoms with van der Waals surface area (Å²) >= 11 is 0. The van der Waals surface area contributed by atoms with Gasteiger partial charge in [0.2, 0.25) is 11.8 Å². The summed E-state index contributed by atoms with van der Waals surface area (Å²) in [6, 6.07) is -0.241. The Morgan fingerprint density at radius 3 is 2.80 bits per heavy atom. The van der Waals surface area contributed by atoms with Gasteiger partial charge in [-0.15, -0.1) is 0 Å². The summed E-state index contributed by atoms with van der Waals surface area (Å²) in [4.78, 5) is 25.9. The molecule has 2 heterocycles. The van der Waals surface area contributed by atoms with Crippen molar-refractivity contribution in [1.29, 1.82) is 0 Å². The maximum absolute atomic E-state index is 12.4. The quantitative estimate of drug-likeness (QED) is 0.800. The molecule has 2 N–H and O–H groups in total. The van der Waals surface area contributed by atoms with Crippen molar-refractivity contribution in [1.82, 2.24) is 20.4 Å². The van der Waals surface area contributed by atoms with Crippen LogP contribution >= 0.6 is 0 Å². The number of H-pyrrole nitrogens is 1. The van der Waals surface area contributed by atoms with Crippen LogP contribution in [0.15, 0.2) is 6.20 Å². The zero-order chi connectivity index (χ0) is 14.1. The molecule has 0 bridgehead atoms. The first-order chi connectivity index (χ1) is 9.66. The van der Waals surface area contributed by atoms with E-state index in [1.54, 1.807) is 6.20 Å². The van der Waals surface area contributed by atoms with Crippen LogP contribution in [0.1, 0.15) is 43.4 Å².